The average molecular weight is 231 g/mol. The molecule has 1 aromatic rings. The van der Waals surface area contributed by atoms with Crippen molar-refractivity contribution in [2.24, 2.45) is 4.99 Å². The maximum absolute atomic E-state index is 10.1. The van der Waals surface area contributed by atoms with Gasteiger partial charge in [-0.1, -0.05) is 32.9 Å². The van der Waals surface area contributed by atoms with E-state index in [-0.39, 0.29) is 5.41 Å². The highest BCUT2D eigenvalue weighted by atomic mass is 16.1. The van der Waals surface area contributed by atoms with Crippen molar-refractivity contribution >= 4 is 6.08 Å². The van der Waals surface area contributed by atoms with Gasteiger partial charge in [0.2, 0.25) is 6.08 Å². The van der Waals surface area contributed by atoms with Gasteiger partial charge in [0, 0.05) is 0 Å². The first kappa shape index (κ1) is 13.7. The molecule has 0 fully saturated rings. The zero-order valence-electron chi connectivity index (χ0n) is 11.4. The van der Waals surface area contributed by atoms with Gasteiger partial charge in [0.25, 0.3) is 0 Å². The number of carbonyl (C=O) groups excluding carboxylic acids is 1. The topological polar surface area (TPSA) is 29.4 Å². The molecule has 0 aliphatic heterocycles. The van der Waals surface area contributed by atoms with E-state index in [0.717, 1.165) is 6.42 Å². The van der Waals surface area contributed by atoms with Crippen molar-refractivity contribution in [1.29, 1.82) is 0 Å². The molecule has 0 bridgehead atoms. The van der Waals surface area contributed by atoms with Crippen molar-refractivity contribution in [1.82, 2.24) is 0 Å². The van der Waals surface area contributed by atoms with E-state index in [2.05, 4.69) is 51.7 Å². The minimum absolute atomic E-state index is 0.176. The largest absolute Gasteiger partial charge is 0.234 e. The van der Waals surface area contributed by atoms with Crippen LogP contribution in [0, 0.1) is 13.8 Å². The lowest BCUT2D eigenvalue weighted by atomic mass is 9.83. The summed E-state index contributed by atoms with van der Waals surface area (Å²) in [5, 5.41) is 0. The summed E-state index contributed by atoms with van der Waals surface area (Å²) in [6.07, 6.45) is 2.40. The molecule has 0 aliphatic carbocycles. The lowest BCUT2D eigenvalue weighted by molar-refractivity contribution is 0.563. The van der Waals surface area contributed by atoms with Gasteiger partial charge < -0.3 is 0 Å². The van der Waals surface area contributed by atoms with Gasteiger partial charge in [0.15, 0.2) is 0 Å². The monoisotopic (exact) mass is 231 g/mol. The fraction of sp³-hybridized carbons (Fsp3) is 0.533. The van der Waals surface area contributed by atoms with Crippen LogP contribution in [0.5, 0.6) is 0 Å². The van der Waals surface area contributed by atoms with Crippen molar-refractivity contribution in [2.75, 3.05) is 6.54 Å². The molecule has 0 N–H and O–H groups in total. The maximum Gasteiger partial charge on any atom is 0.234 e. The third-order valence-electron chi connectivity index (χ3n) is 3.10. The molecule has 0 unspecified atom stereocenters. The van der Waals surface area contributed by atoms with Gasteiger partial charge in [-0.05, 0) is 47.9 Å². The molecule has 0 atom stereocenters. The minimum Gasteiger partial charge on any atom is -0.211 e. The standard InChI is InChI=1S/C15H21NO/c1-11-8-13(15(3,4)5)9-12(2)14(11)6-7-16-10-17/h8-9H,6-7H2,1-5H3. The first-order valence-electron chi connectivity index (χ1n) is 6.00. The third kappa shape index (κ3) is 3.54. The number of benzene rings is 1. The predicted molar refractivity (Wildman–Crippen MR) is 71.3 cm³/mol. The summed E-state index contributed by atoms with van der Waals surface area (Å²) in [6, 6.07) is 4.49. The van der Waals surface area contributed by atoms with E-state index in [1.165, 1.54) is 22.3 Å². The summed E-state index contributed by atoms with van der Waals surface area (Å²) in [4.78, 5) is 13.7. The number of hydrogen-bond donors (Lipinski definition) is 0. The highest BCUT2D eigenvalue weighted by Crippen LogP contribution is 2.27. The Morgan fingerprint density at radius 1 is 1.18 bits per heavy atom. The fourth-order valence-corrected chi connectivity index (χ4v) is 2.03. The van der Waals surface area contributed by atoms with Crippen LogP contribution < -0.4 is 0 Å². The van der Waals surface area contributed by atoms with Gasteiger partial charge in [-0.25, -0.2) is 9.79 Å². The van der Waals surface area contributed by atoms with Crippen LogP contribution in [0.15, 0.2) is 17.1 Å². The van der Waals surface area contributed by atoms with Gasteiger partial charge in [0.05, 0.1) is 6.54 Å². The number of hydrogen-bond acceptors (Lipinski definition) is 2. The second-order valence-electron chi connectivity index (χ2n) is 5.56. The van der Waals surface area contributed by atoms with E-state index in [4.69, 9.17) is 0 Å². The molecule has 0 aliphatic rings. The summed E-state index contributed by atoms with van der Waals surface area (Å²) in [5.41, 5.74) is 5.41. The number of aryl methyl sites for hydroxylation is 2. The van der Waals surface area contributed by atoms with Crippen molar-refractivity contribution < 1.29 is 4.79 Å². The van der Waals surface area contributed by atoms with Gasteiger partial charge >= 0.3 is 0 Å². The van der Waals surface area contributed by atoms with Crippen molar-refractivity contribution in [3.8, 4) is 0 Å². The Hall–Kier alpha value is -1.40. The van der Waals surface area contributed by atoms with Crippen LogP contribution in [0.3, 0.4) is 0 Å². The second-order valence-corrected chi connectivity index (χ2v) is 5.56. The Bertz CT molecular complexity index is 425. The van der Waals surface area contributed by atoms with Gasteiger partial charge in [-0.15, -0.1) is 0 Å². The molecule has 17 heavy (non-hydrogen) atoms. The zero-order chi connectivity index (χ0) is 13.1. The minimum atomic E-state index is 0.176. The highest BCUT2D eigenvalue weighted by Gasteiger charge is 2.15. The third-order valence-corrected chi connectivity index (χ3v) is 3.10. The Labute approximate surface area is 104 Å². The number of nitrogens with zero attached hydrogens (tertiary/aromatic N) is 1. The molecule has 1 aromatic carbocycles. The van der Waals surface area contributed by atoms with E-state index in [1.807, 2.05) is 0 Å². The first-order chi connectivity index (χ1) is 7.86. The molecular weight excluding hydrogens is 210 g/mol. The van der Waals surface area contributed by atoms with E-state index >= 15 is 0 Å². The smallest absolute Gasteiger partial charge is 0.211 e. The quantitative estimate of drug-likeness (QED) is 0.578. The molecular formula is C15H21NO. The lowest BCUT2D eigenvalue weighted by Gasteiger charge is -2.22. The van der Waals surface area contributed by atoms with Crippen LogP contribution in [0.2, 0.25) is 0 Å². The predicted octanol–water partition coefficient (Wildman–Crippen LogP) is 3.48. The van der Waals surface area contributed by atoms with Gasteiger partial charge in [-0.3, -0.25) is 0 Å². The molecule has 0 saturated carbocycles. The van der Waals surface area contributed by atoms with Crippen LogP contribution in [0.1, 0.15) is 43.0 Å². The second kappa shape index (κ2) is 5.29. The van der Waals surface area contributed by atoms with Crippen LogP contribution in [-0.2, 0) is 16.6 Å². The van der Waals surface area contributed by atoms with Crippen LogP contribution in [0.4, 0.5) is 0 Å². The highest BCUT2D eigenvalue weighted by molar-refractivity contribution is 5.41. The number of aliphatic imine (C=N–C) groups is 1. The molecule has 0 saturated heterocycles. The fourth-order valence-electron chi connectivity index (χ4n) is 2.03. The molecule has 2 nitrogen and oxygen atoms in total. The number of rotatable bonds is 3. The molecule has 0 spiro atoms. The van der Waals surface area contributed by atoms with Gasteiger partial charge in [0.1, 0.15) is 0 Å². The van der Waals surface area contributed by atoms with Crippen molar-refractivity contribution in [3.63, 3.8) is 0 Å². The van der Waals surface area contributed by atoms with Crippen LogP contribution >= 0.6 is 0 Å². The molecule has 92 valence electrons. The Morgan fingerprint density at radius 2 is 1.71 bits per heavy atom. The Morgan fingerprint density at radius 3 is 2.12 bits per heavy atom. The van der Waals surface area contributed by atoms with E-state index in [1.54, 1.807) is 6.08 Å². The van der Waals surface area contributed by atoms with Gasteiger partial charge in [-0.2, -0.15) is 0 Å². The van der Waals surface area contributed by atoms with E-state index in [9.17, 15) is 4.79 Å². The summed E-state index contributed by atoms with van der Waals surface area (Å²) in [7, 11) is 0. The van der Waals surface area contributed by atoms with Crippen LogP contribution in [-0.4, -0.2) is 12.6 Å². The molecule has 2 heteroatoms. The zero-order valence-corrected chi connectivity index (χ0v) is 11.4. The average Bonchev–Trinajstić information content (AvgIpc) is 2.20. The summed E-state index contributed by atoms with van der Waals surface area (Å²) in [6.45, 7) is 11.4. The van der Waals surface area contributed by atoms with E-state index < -0.39 is 0 Å². The maximum atomic E-state index is 10.1. The molecule has 0 aromatic heterocycles. The Balaban J connectivity index is 3.06. The first-order valence-corrected chi connectivity index (χ1v) is 6.00. The van der Waals surface area contributed by atoms with E-state index in [0.29, 0.717) is 6.54 Å². The summed E-state index contributed by atoms with van der Waals surface area (Å²) < 4.78 is 0. The number of isocyanates is 1. The van der Waals surface area contributed by atoms with Crippen molar-refractivity contribution in [3.05, 3.63) is 34.4 Å². The molecule has 0 heterocycles. The molecule has 1 rings (SSSR count). The Kier molecular flexibility index (Phi) is 4.25. The lowest BCUT2D eigenvalue weighted by Crippen LogP contribution is -2.12. The summed E-state index contributed by atoms with van der Waals surface area (Å²) >= 11 is 0. The van der Waals surface area contributed by atoms with Crippen LogP contribution in [0.25, 0.3) is 0 Å². The normalized spacial score (nSPS) is 11.1. The summed E-state index contributed by atoms with van der Waals surface area (Å²) in [5.74, 6) is 0. The SMILES string of the molecule is Cc1cc(C(C)(C)C)cc(C)c1CCN=C=O. The molecule has 0 radical (unpaired) electrons. The van der Waals surface area contributed by atoms with Crippen molar-refractivity contribution in [2.45, 2.75) is 46.5 Å². The molecule has 0 amide bonds.